The lowest BCUT2D eigenvalue weighted by Crippen LogP contribution is -2.20. The molecule has 0 aliphatic carbocycles. The second kappa shape index (κ2) is 8.20. The molecule has 0 aliphatic heterocycles. The zero-order valence-electron chi connectivity index (χ0n) is 10.2. The van der Waals surface area contributed by atoms with Gasteiger partial charge in [0, 0.05) is 12.2 Å². The molecule has 1 atom stereocenters. The van der Waals surface area contributed by atoms with E-state index in [1.54, 1.807) is 0 Å². The Balaban J connectivity index is 2.34. The molecule has 1 rings (SSSR count). The van der Waals surface area contributed by atoms with Gasteiger partial charge in [0.25, 0.3) is 0 Å². The average molecular weight is 258 g/mol. The van der Waals surface area contributed by atoms with Gasteiger partial charge in [0.1, 0.15) is 5.75 Å². The summed E-state index contributed by atoms with van der Waals surface area (Å²) < 4.78 is 5.55. The molecule has 0 saturated carbocycles. The van der Waals surface area contributed by atoms with Gasteiger partial charge < -0.3 is 15.2 Å². The number of hydrogen-bond donors (Lipinski definition) is 2. The molecule has 0 amide bonds. The van der Waals surface area contributed by atoms with Crippen molar-refractivity contribution in [1.29, 1.82) is 0 Å². The first kappa shape index (κ1) is 14.1. The van der Waals surface area contributed by atoms with Crippen molar-refractivity contribution >= 4 is 17.3 Å². The number of anilines is 1. The minimum absolute atomic E-state index is 0.241. The number of rotatable bonds is 8. The Morgan fingerprint density at radius 2 is 2.06 bits per heavy atom. The van der Waals surface area contributed by atoms with Crippen LogP contribution in [0.25, 0.3) is 0 Å². The topological polar surface area (TPSA) is 41.5 Å². The molecule has 0 bridgehead atoms. The fraction of sp³-hybridized carbons (Fsp3) is 0.538. The predicted octanol–water partition coefficient (Wildman–Crippen LogP) is 2.88. The van der Waals surface area contributed by atoms with Gasteiger partial charge >= 0.3 is 0 Å². The van der Waals surface area contributed by atoms with Gasteiger partial charge in [0.05, 0.1) is 18.6 Å². The van der Waals surface area contributed by atoms with Gasteiger partial charge in [-0.1, -0.05) is 13.3 Å². The molecule has 17 heavy (non-hydrogen) atoms. The van der Waals surface area contributed by atoms with E-state index in [0.717, 1.165) is 30.9 Å². The van der Waals surface area contributed by atoms with E-state index < -0.39 is 6.10 Å². The highest BCUT2D eigenvalue weighted by Crippen LogP contribution is 2.16. The average Bonchev–Trinajstić information content (AvgIpc) is 2.37. The standard InChI is InChI=1S/C13H20ClNO2/c1-2-3-8-17-13-6-4-11(5-7-13)15-10-12(16)9-14/h4-7,12,15-16H,2-3,8-10H2,1H3. The van der Waals surface area contributed by atoms with E-state index in [0.29, 0.717) is 6.54 Å². The minimum atomic E-state index is -0.517. The van der Waals surface area contributed by atoms with Crippen LogP contribution in [0.15, 0.2) is 24.3 Å². The fourth-order valence-electron chi connectivity index (χ4n) is 1.29. The van der Waals surface area contributed by atoms with Crippen molar-refractivity contribution in [3.05, 3.63) is 24.3 Å². The highest BCUT2D eigenvalue weighted by molar-refractivity contribution is 6.18. The van der Waals surface area contributed by atoms with E-state index in [-0.39, 0.29) is 5.88 Å². The van der Waals surface area contributed by atoms with Gasteiger partial charge in [0.2, 0.25) is 0 Å². The van der Waals surface area contributed by atoms with Gasteiger partial charge in [-0.3, -0.25) is 0 Å². The van der Waals surface area contributed by atoms with Gasteiger partial charge in [-0.25, -0.2) is 0 Å². The molecular weight excluding hydrogens is 238 g/mol. The Bertz CT molecular complexity index is 303. The molecule has 0 aliphatic rings. The van der Waals surface area contributed by atoms with Gasteiger partial charge in [-0.15, -0.1) is 11.6 Å². The monoisotopic (exact) mass is 257 g/mol. The number of benzene rings is 1. The van der Waals surface area contributed by atoms with Gasteiger partial charge in [0.15, 0.2) is 0 Å². The highest BCUT2D eigenvalue weighted by atomic mass is 35.5. The summed E-state index contributed by atoms with van der Waals surface area (Å²) in [6, 6.07) is 7.71. The molecule has 0 aromatic heterocycles. The minimum Gasteiger partial charge on any atom is -0.494 e. The molecule has 1 aromatic rings. The molecule has 0 fully saturated rings. The molecule has 3 nitrogen and oxygen atoms in total. The lowest BCUT2D eigenvalue weighted by Gasteiger charge is -2.11. The van der Waals surface area contributed by atoms with Crippen LogP contribution in [-0.2, 0) is 0 Å². The summed E-state index contributed by atoms with van der Waals surface area (Å²) >= 11 is 5.50. The first-order valence-electron chi connectivity index (χ1n) is 5.97. The third-order valence-electron chi connectivity index (χ3n) is 2.34. The molecule has 4 heteroatoms. The molecule has 1 unspecified atom stereocenters. The van der Waals surface area contributed by atoms with Crippen molar-refractivity contribution in [2.24, 2.45) is 0 Å². The maximum Gasteiger partial charge on any atom is 0.119 e. The van der Waals surface area contributed by atoms with Crippen LogP contribution in [0, 0.1) is 0 Å². The molecular formula is C13H20ClNO2. The summed E-state index contributed by atoms with van der Waals surface area (Å²) in [5.74, 6) is 1.12. The zero-order chi connectivity index (χ0) is 12.5. The maximum absolute atomic E-state index is 9.30. The molecule has 0 saturated heterocycles. The fourth-order valence-corrected chi connectivity index (χ4v) is 1.40. The SMILES string of the molecule is CCCCOc1ccc(NCC(O)CCl)cc1. The summed E-state index contributed by atoms with van der Waals surface area (Å²) in [5.41, 5.74) is 0.956. The number of nitrogens with one attached hydrogen (secondary N) is 1. The number of unbranched alkanes of at least 4 members (excludes halogenated alkanes) is 1. The molecule has 96 valence electrons. The van der Waals surface area contributed by atoms with Crippen LogP contribution in [0.5, 0.6) is 5.75 Å². The Labute approximate surface area is 108 Å². The Morgan fingerprint density at radius 1 is 1.35 bits per heavy atom. The van der Waals surface area contributed by atoms with E-state index in [1.807, 2.05) is 24.3 Å². The Morgan fingerprint density at radius 3 is 2.65 bits per heavy atom. The Hall–Kier alpha value is -0.930. The molecule has 0 radical (unpaired) electrons. The van der Waals surface area contributed by atoms with Crippen LogP contribution < -0.4 is 10.1 Å². The van der Waals surface area contributed by atoms with Gasteiger partial charge in [-0.05, 0) is 30.7 Å². The molecule has 2 N–H and O–H groups in total. The van der Waals surface area contributed by atoms with Crippen molar-refractivity contribution in [3.8, 4) is 5.75 Å². The van der Waals surface area contributed by atoms with Crippen molar-refractivity contribution in [2.45, 2.75) is 25.9 Å². The number of ether oxygens (including phenoxy) is 1. The number of aliphatic hydroxyl groups excluding tert-OH is 1. The highest BCUT2D eigenvalue weighted by Gasteiger charge is 2.01. The van der Waals surface area contributed by atoms with Crippen LogP contribution in [0.1, 0.15) is 19.8 Å². The second-order valence-corrected chi connectivity index (χ2v) is 4.22. The zero-order valence-corrected chi connectivity index (χ0v) is 10.9. The third-order valence-corrected chi connectivity index (χ3v) is 2.70. The Kier molecular flexibility index (Phi) is 6.82. The van der Waals surface area contributed by atoms with Crippen LogP contribution in [-0.4, -0.2) is 30.2 Å². The normalized spacial score (nSPS) is 12.2. The quantitative estimate of drug-likeness (QED) is 0.556. The summed E-state index contributed by atoms with van der Waals surface area (Å²) in [5, 5.41) is 12.4. The third kappa shape index (κ3) is 5.80. The van der Waals surface area contributed by atoms with Crippen LogP contribution in [0.3, 0.4) is 0 Å². The second-order valence-electron chi connectivity index (χ2n) is 3.92. The van der Waals surface area contributed by atoms with E-state index in [9.17, 15) is 5.11 Å². The smallest absolute Gasteiger partial charge is 0.119 e. The first-order valence-corrected chi connectivity index (χ1v) is 6.50. The van der Waals surface area contributed by atoms with E-state index in [1.165, 1.54) is 0 Å². The lowest BCUT2D eigenvalue weighted by molar-refractivity contribution is 0.211. The van der Waals surface area contributed by atoms with E-state index >= 15 is 0 Å². The van der Waals surface area contributed by atoms with Crippen molar-refractivity contribution in [1.82, 2.24) is 0 Å². The molecule has 1 aromatic carbocycles. The number of aliphatic hydroxyl groups is 1. The number of alkyl halides is 1. The number of hydrogen-bond acceptors (Lipinski definition) is 3. The summed E-state index contributed by atoms with van der Waals surface area (Å²) in [7, 11) is 0. The first-order chi connectivity index (χ1) is 8.26. The lowest BCUT2D eigenvalue weighted by atomic mass is 10.3. The number of halogens is 1. The predicted molar refractivity (Wildman–Crippen MR) is 72.1 cm³/mol. The summed E-state index contributed by atoms with van der Waals surface area (Å²) in [6.45, 7) is 3.35. The maximum atomic E-state index is 9.30. The van der Waals surface area contributed by atoms with Crippen molar-refractivity contribution in [3.63, 3.8) is 0 Å². The van der Waals surface area contributed by atoms with E-state index in [2.05, 4.69) is 12.2 Å². The largest absolute Gasteiger partial charge is 0.494 e. The van der Waals surface area contributed by atoms with Crippen molar-refractivity contribution < 1.29 is 9.84 Å². The summed E-state index contributed by atoms with van der Waals surface area (Å²) in [4.78, 5) is 0. The van der Waals surface area contributed by atoms with Gasteiger partial charge in [-0.2, -0.15) is 0 Å². The molecule has 0 heterocycles. The van der Waals surface area contributed by atoms with Crippen LogP contribution in [0.4, 0.5) is 5.69 Å². The van der Waals surface area contributed by atoms with E-state index in [4.69, 9.17) is 16.3 Å². The molecule has 0 spiro atoms. The summed E-state index contributed by atoms with van der Waals surface area (Å²) in [6.07, 6.45) is 1.69. The van der Waals surface area contributed by atoms with Crippen LogP contribution in [0.2, 0.25) is 0 Å². The van der Waals surface area contributed by atoms with Crippen LogP contribution >= 0.6 is 11.6 Å². The van der Waals surface area contributed by atoms with Crippen molar-refractivity contribution in [2.75, 3.05) is 24.3 Å².